The fourth-order valence-electron chi connectivity index (χ4n) is 2.27. The number of benzene rings is 3. The average Bonchev–Trinajstić information content (AvgIpc) is 2.73. The van der Waals surface area contributed by atoms with Gasteiger partial charge in [0.2, 0.25) is 0 Å². The second kappa shape index (κ2) is 10.0. The highest BCUT2D eigenvalue weighted by atomic mass is 32.2. The molecule has 0 spiro atoms. The molecule has 0 saturated carbocycles. The minimum Gasteiger partial charge on any atom is -0.497 e. The van der Waals surface area contributed by atoms with Gasteiger partial charge in [-0.05, 0) is 66.4 Å². The first kappa shape index (κ1) is 19.3. The Labute approximate surface area is 169 Å². The van der Waals surface area contributed by atoms with Crippen molar-refractivity contribution in [3.8, 4) is 5.75 Å². The zero-order chi connectivity index (χ0) is 18.9. The molecule has 3 aromatic rings. The van der Waals surface area contributed by atoms with Crippen LogP contribution in [0.3, 0.4) is 0 Å². The van der Waals surface area contributed by atoms with Crippen LogP contribution in [0.4, 0.5) is 5.69 Å². The molecule has 0 aliphatic rings. The van der Waals surface area contributed by atoms with Crippen LogP contribution in [0.1, 0.15) is 6.92 Å². The predicted molar refractivity (Wildman–Crippen MR) is 118 cm³/mol. The van der Waals surface area contributed by atoms with E-state index in [4.69, 9.17) is 9.73 Å². The maximum Gasteiger partial charge on any atom is 0.118 e. The highest BCUT2D eigenvalue weighted by Gasteiger charge is 2.07. The van der Waals surface area contributed by atoms with Crippen molar-refractivity contribution in [2.24, 2.45) is 4.99 Å². The van der Waals surface area contributed by atoms with E-state index < -0.39 is 0 Å². The molecule has 0 unspecified atom stereocenters. The number of methoxy groups -OCH3 is 1. The third kappa shape index (κ3) is 6.05. The molecule has 0 N–H and O–H groups in total. The van der Waals surface area contributed by atoms with Crippen LogP contribution in [0.15, 0.2) is 111 Å². The summed E-state index contributed by atoms with van der Waals surface area (Å²) in [6.07, 6.45) is 0. The minimum atomic E-state index is 0.854. The minimum absolute atomic E-state index is 0.854. The Balaban J connectivity index is 1.85. The van der Waals surface area contributed by atoms with Crippen molar-refractivity contribution in [3.63, 3.8) is 0 Å². The molecule has 0 amide bonds. The fourth-order valence-corrected chi connectivity index (χ4v) is 3.95. The maximum atomic E-state index is 5.25. The van der Waals surface area contributed by atoms with Gasteiger partial charge in [0.25, 0.3) is 0 Å². The van der Waals surface area contributed by atoms with Crippen molar-refractivity contribution in [1.29, 1.82) is 0 Å². The Morgan fingerprint density at radius 2 is 1.44 bits per heavy atom. The molecule has 0 heterocycles. The zero-order valence-electron chi connectivity index (χ0n) is 15.3. The second-order valence-corrected chi connectivity index (χ2v) is 7.77. The van der Waals surface area contributed by atoms with Crippen molar-refractivity contribution in [2.75, 3.05) is 7.11 Å². The normalized spacial score (nSPS) is 12.1. The van der Waals surface area contributed by atoms with Crippen LogP contribution in [0.5, 0.6) is 5.75 Å². The number of thioether (sulfide) groups is 2. The third-order valence-electron chi connectivity index (χ3n) is 3.71. The van der Waals surface area contributed by atoms with Gasteiger partial charge in [-0.15, -0.1) is 0 Å². The molecule has 27 heavy (non-hydrogen) atoms. The lowest BCUT2D eigenvalue weighted by molar-refractivity contribution is 0.414. The van der Waals surface area contributed by atoms with Gasteiger partial charge >= 0.3 is 0 Å². The van der Waals surface area contributed by atoms with Crippen molar-refractivity contribution >= 4 is 34.3 Å². The number of ether oxygens (including phenoxy) is 1. The van der Waals surface area contributed by atoms with E-state index in [0.717, 1.165) is 26.9 Å². The van der Waals surface area contributed by atoms with Gasteiger partial charge in [0.15, 0.2) is 0 Å². The summed E-state index contributed by atoms with van der Waals surface area (Å²) in [6, 6.07) is 28.5. The number of hydrogen-bond donors (Lipinski definition) is 0. The highest BCUT2D eigenvalue weighted by Crippen LogP contribution is 2.30. The number of nitrogens with zero attached hydrogens (tertiary/aromatic N) is 1. The molecule has 0 aliphatic heterocycles. The molecule has 3 aromatic carbocycles. The van der Waals surface area contributed by atoms with Crippen LogP contribution in [0, 0.1) is 0 Å². The summed E-state index contributed by atoms with van der Waals surface area (Å²) >= 11 is 3.37. The Morgan fingerprint density at radius 3 is 2.07 bits per heavy atom. The first-order valence-corrected chi connectivity index (χ1v) is 10.3. The topological polar surface area (TPSA) is 21.6 Å². The lowest BCUT2D eigenvalue weighted by Gasteiger charge is -2.08. The van der Waals surface area contributed by atoms with Gasteiger partial charge in [-0.2, -0.15) is 0 Å². The Morgan fingerprint density at radius 1 is 0.815 bits per heavy atom. The summed E-state index contributed by atoms with van der Waals surface area (Å²) in [4.78, 5) is 7.22. The molecular weight excluding hydrogens is 370 g/mol. The number of para-hydroxylation sites is 1. The van der Waals surface area contributed by atoms with Crippen molar-refractivity contribution in [3.05, 3.63) is 95.9 Å². The average molecular weight is 392 g/mol. The summed E-state index contributed by atoms with van der Waals surface area (Å²) in [6.45, 7) is 2.11. The largest absolute Gasteiger partial charge is 0.497 e. The smallest absolute Gasteiger partial charge is 0.118 e. The van der Waals surface area contributed by atoms with E-state index in [-0.39, 0.29) is 0 Å². The summed E-state index contributed by atoms with van der Waals surface area (Å²) < 4.78 is 5.25. The summed E-state index contributed by atoms with van der Waals surface area (Å²) in [5.74, 6) is 0.854. The Bertz CT molecular complexity index is 904. The van der Waals surface area contributed by atoms with Gasteiger partial charge in [-0.3, -0.25) is 0 Å². The number of aliphatic imine (C=N–C) groups is 1. The van der Waals surface area contributed by atoms with Crippen molar-refractivity contribution < 1.29 is 4.74 Å². The summed E-state index contributed by atoms with van der Waals surface area (Å²) in [5, 5.41) is 3.14. The van der Waals surface area contributed by atoms with Gasteiger partial charge in [0, 0.05) is 9.79 Å². The molecule has 136 valence electrons. The van der Waals surface area contributed by atoms with Crippen LogP contribution >= 0.6 is 23.5 Å². The lowest BCUT2D eigenvalue weighted by atomic mass is 10.3. The van der Waals surface area contributed by atoms with Crippen LogP contribution in [0.25, 0.3) is 0 Å². The molecule has 0 radical (unpaired) electrons. The monoisotopic (exact) mass is 391 g/mol. The molecule has 0 aromatic heterocycles. The third-order valence-corrected chi connectivity index (χ3v) is 5.84. The van der Waals surface area contributed by atoms with E-state index in [9.17, 15) is 0 Å². The lowest BCUT2D eigenvalue weighted by Crippen LogP contribution is -1.94. The van der Waals surface area contributed by atoms with E-state index >= 15 is 0 Å². The molecular formula is C23H21NOS2. The van der Waals surface area contributed by atoms with E-state index in [1.807, 2.05) is 48.5 Å². The van der Waals surface area contributed by atoms with Crippen molar-refractivity contribution in [1.82, 2.24) is 0 Å². The van der Waals surface area contributed by atoms with E-state index in [0.29, 0.717) is 0 Å². The zero-order valence-corrected chi connectivity index (χ0v) is 17.0. The molecule has 2 nitrogen and oxygen atoms in total. The highest BCUT2D eigenvalue weighted by molar-refractivity contribution is 8.14. The molecule has 0 aliphatic carbocycles. The molecule has 0 atom stereocenters. The first-order chi connectivity index (χ1) is 13.2. The Hall–Kier alpha value is -2.43. The summed E-state index contributed by atoms with van der Waals surface area (Å²) in [7, 11) is 1.68. The molecule has 0 saturated heterocycles. The van der Waals surface area contributed by atoms with Crippen LogP contribution < -0.4 is 4.74 Å². The predicted octanol–water partition coefficient (Wildman–Crippen LogP) is 7.21. The number of hydrogen-bond acceptors (Lipinski definition) is 4. The molecule has 4 heteroatoms. The number of rotatable bonds is 6. The van der Waals surface area contributed by atoms with Gasteiger partial charge in [-0.25, -0.2) is 4.99 Å². The molecule has 3 rings (SSSR count). The van der Waals surface area contributed by atoms with Crippen LogP contribution in [-0.2, 0) is 0 Å². The summed E-state index contributed by atoms with van der Waals surface area (Å²) in [5.41, 5.74) is 2.08. The van der Waals surface area contributed by atoms with Crippen molar-refractivity contribution in [2.45, 2.75) is 16.7 Å². The molecule has 0 fully saturated rings. The molecule has 0 bridgehead atoms. The quantitative estimate of drug-likeness (QED) is 0.252. The van der Waals surface area contributed by atoms with Gasteiger partial charge < -0.3 is 4.74 Å². The first-order valence-electron chi connectivity index (χ1n) is 8.59. The fraction of sp³-hybridized carbons (Fsp3) is 0.0870. The maximum absolute atomic E-state index is 5.25. The standard InChI is InChI=1S/C23H21NOS2/c1-18(17-26-21-11-7-4-8-12-21)23(24-19-9-5-3-6-10-19)27-22-15-13-20(25-2)14-16-22/h3-17H,1-2H3/b18-17+,24-23-. The van der Waals surface area contributed by atoms with E-state index in [1.54, 1.807) is 30.6 Å². The Kier molecular flexibility index (Phi) is 7.19. The van der Waals surface area contributed by atoms with Gasteiger partial charge in [-0.1, -0.05) is 59.9 Å². The van der Waals surface area contributed by atoms with Crippen LogP contribution in [0.2, 0.25) is 0 Å². The van der Waals surface area contributed by atoms with Gasteiger partial charge in [0.1, 0.15) is 10.8 Å². The van der Waals surface area contributed by atoms with Crippen LogP contribution in [-0.4, -0.2) is 12.2 Å². The SMILES string of the molecule is COc1ccc(SC(=N\c2ccccc2)/C(C)=C/Sc2ccccc2)cc1. The van der Waals surface area contributed by atoms with E-state index in [1.165, 1.54) is 4.90 Å². The second-order valence-electron chi connectivity index (χ2n) is 5.76. The van der Waals surface area contributed by atoms with E-state index in [2.05, 4.69) is 48.7 Å². The van der Waals surface area contributed by atoms with Gasteiger partial charge in [0.05, 0.1) is 12.8 Å².